The minimum absolute atomic E-state index is 0.170. The van der Waals surface area contributed by atoms with Crippen LogP contribution in [0.1, 0.15) is 32.1 Å². The van der Waals surface area contributed by atoms with Crippen molar-refractivity contribution in [3.05, 3.63) is 0 Å². The Kier molecular flexibility index (Phi) is 6.06. The lowest BCUT2D eigenvalue weighted by atomic mass is 10.1. The highest BCUT2D eigenvalue weighted by molar-refractivity contribution is 5.79. The number of carbonyl (C=O) groups excluding carboxylic acids is 1. The predicted molar refractivity (Wildman–Crippen MR) is 59.5 cm³/mol. The van der Waals surface area contributed by atoms with Crippen LogP contribution in [0.25, 0.3) is 0 Å². The van der Waals surface area contributed by atoms with E-state index in [4.69, 9.17) is 11.2 Å². The summed E-state index contributed by atoms with van der Waals surface area (Å²) in [6.07, 6.45) is 9.41. The molecule has 1 aliphatic heterocycles. The van der Waals surface area contributed by atoms with Gasteiger partial charge in [0.25, 0.3) is 0 Å². The molecule has 1 fully saturated rings. The molecule has 0 spiro atoms. The Bertz CT molecular complexity index is 226. The molecule has 0 amide bonds. The molecule has 1 saturated heterocycles. The van der Waals surface area contributed by atoms with Gasteiger partial charge in [0.2, 0.25) is 0 Å². The fourth-order valence-electron chi connectivity index (χ4n) is 1.63. The van der Waals surface area contributed by atoms with Crippen LogP contribution >= 0.6 is 0 Å². The average Bonchev–Trinajstić information content (AvgIpc) is 2.28. The number of ketones is 1. The van der Waals surface area contributed by atoms with Crippen LogP contribution in [-0.4, -0.2) is 31.6 Å². The van der Waals surface area contributed by atoms with Crippen LogP contribution in [-0.2, 0) is 9.53 Å². The lowest BCUT2D eigenvalue weighted by Crippen LogP contribution is -2.33. The molecule has 15 heavy (non-hydrogen) atoms. The molecule has 1 N–H and O–H groups in total. The van der Waals surface area contributed by atoms with Gasteiger partial charge in [0.1, 0.15) is 6.61 Å². The van der Waals surface area contributed by atoms with Gasteiger partial charge in [-0.2, -0.15) is 0 Å². The summed E-state index contributed by atoms with van der Waals surface area (Å²) in [4.78, 5) is 11.4. The van der Waals surface area contributed by atoms with Crippen LogP contribution in [0.5, 0.6) is 0 Å². The smallest absolute Gasteiger partial charge is 0.158 e. The van der Waals surface area contributed by atoms with Gasteiger partial charge in [-0.3, -0.25) is 4.79 Å². The Morgan fingerprint density at radius 3 is 2.87 bits per heavy atom. The quantitative estimate of drug-likeness (QED) is 0.526. The number of hydrogen-bond donors (Lipinski definition) is 1. The van der Waals surface area contributed by atoms with Gasteiger partial charge < -0.3 is 10.1 Å². The lowest BCUT2D eigenvalue weighted by molar-refractivity contribution is -0.126. The number of Topliss-reactive ketones (excluding diaryl/α,β-unsaturated/α-hetero) is 1. The summed E-state index contributed by atoms with van der Waals surface area (Å²) in [5.41, 5.74) is 0. The summed E-state index contributed by atoms with van der Waals surface area (Å²) >= 11 is 0. The topological polar surface area (TPSA) is 38.3 Å². The number of hydrogen-bond acceptors (Lipinski definition) is 3. The summed E-state index contributed by atoms with van der Waals surface area (Å²) in [5.74, 6) is 2.70. The maximum atomic E-state index is 11.4. The number of unbranched alkanes of at least 4 members (excludes halogenated alkanes) is 1. The van der Waals surface area contributed by atoms with E-state index in [2.05, 4.69) is 11.2 Å². The molecule has 0 radical (unpaired) electrons. The van der Waals surface area contributed by atoms with Crippen LogP contribution in [0.4, 0.5) is 0 Å². The molecule has 3 nitrogen and oxygen atoms in total. The highest BCUT2D eigenvalue weighted by atomic mass is 16.5. The van der Waals surface area contributed by atoms with Gasteiger partial charge >= 0.3 is 0 Å². The SMILES string of the molecule is C#CCCCC(=O)COC1CCNCC1. The van der Waals surface area contributed by atoms with Crippen molar-refractivity contribution in [1.29, 1.82) is 0 Å². The first-order valence-electron chi connectivity index (χ1n) is 5.60. The van der Waals surface area contributed by atoms with Crippen molar-refractivity contribution in [3.8, 4) is 12.3 Å². The van der Waals surface area contributed by atoms with Gasteiger partial charge in [0.15, 0.2) is 5.78 Å². The lowest BCUT2D eigenvalue weighted by Gasteiger charge is -2.22. The second-order valence-corrected chi connectivity index (χ2v) is 3.86. The predicted octanol–water partition coefficient (Wildman–Crippen LogP) is 1.13. The van der Waals surface area contributed by atoms with Crippen LogP contribution in [0.15, 0.2) is 0 Å². The third-order valence-corrected chi connectivity index (χ3v) is 2.54. The van der Waals surface area contributed by atoms with Gasteiger partial charge in [-0.25, -0.2) is 0 Å². The number of piperidine rings is 1. The monoisotopic (exact) mass is 209 g/mol. The Hall–Kier alpha value is -0.850. The van der Waals surface area contributed by atoms with Gasteiger partial charge in [0.05, 0.1) is 6.10 Å². The molecular weight excluding hydrogens is 190 g/mol. The van der Waals surface area contributed by atoms with Gasteiger partial charge in [-0.05, 0) is 32.4 Å². The first-order chi connectivity index (χ1) is 7.33. The van der Waals surface area contributed by atoms with Crippen LogP contribution in [0, 0.1) is 12.3 Å². The molecule has 0 saturated carbocycles. The largest absolute Gasteiger partial charge is 0.370 e. The van der Waals surface area contributed by atoms with Crippen molar-refractivity contribution in [3.63, 3.8) is 0 Å². The summed E-state index contributed by atoms with van der Waals surface area (Å²) in [6.45, 7) is 2.25. The zero-order valence-electron chi connectivity index (χ0n) is 9.13. The molecule has 1 heterocycles. The number of ether oxygens (including phenoxy) is 1. The Labute approximate surface area is 91.6 Å². The van der Waals surface area contributed by atoms with Gasteiger partial charge in [-0.1, -0.05) is 0 Å². The van der Waals surface area contributed by atoms with Crippen molar-refractivity contribution in [2.24, 2.45) is 0 Å². The molecule has 1 rings (SSSR count). The Morgan fingerprint density at radius 1 is 1.47 bits per heavy atom. The van der Waals surface area contributed by atoms with Crippen molar-refractivity contribution in [1.82, 2.24) is 5.32 Å². The fraction of sp³-hybridized carbons (Fsp3) is 0.750. The van der Waals surface area contributed by atoms with Crippen LogP contribution in [0.2, 0.25) is 0 Å². The van der Waals surface area contributed by atoms with E-state index in [0.717, 1.165) is 32.4 Å². The van der Waals surface area contributed by atoms with Crippen molar-refractivity contribution >= 4 is 5.78 Å². The maximum absolute atomic E-state index is 11.4. The second-order valence-electron chi connectivity index (χ2n) is 3.86. The van der Waals surface area contributed by atoms with E-state index in [1.165, 1.54) is 0 Å². The summed E-state index contributed by atoms with van der Waals surface area (Å²) in [6, 6.07) is 0. The van der Waals surface area contributed by atoms with Crippen molar-refractivity contribution in [2.45, 2.75) is 38.2 Å². The normalized spacial score (nSPS) is 17.3. The zero-order valence-corrected chi connectivity index (χ0v) is 9.13. The Morgan fingerprint density at radius 2 is 2.20 bits per heavy atom. The van der Waals surface area contributed by atoms with Crippen LogP contribution in [0.3, 0.4) is 0 Å². The molecule has 0 aliphatic carbocycles. The third kappa shape index (κ3) is 5.56. The van der Waals surface area contributed by atoms with E-state index in [9.17, 15) is 4.79 Å². The molecule has 0 bridgehead atoms. The van der Waals surface area contributed by atoms with Gasteiger partial charge in [0, 0.05) is 12.8 Å². The number of nitrogens with one attached hydrogen (secondary N) is 1. The third-order valence-electron chi connectivity index (χ3n) is 2.54. The molecule has 0 aromatic rings. The first kappa shape index (κ1) is 12.2. The minimum atomic E-state index is 0.170. The summed E-state index contributed by atoms with van der Waals surface area (Å²) < 4.78 is 5.53. The number of carbonyl (C=O) groups is 1. The molecule has 0 atom stereocenters. The Balaban J connectivity index is 2.03. The fourth-order valence-corrected chi connectivity index (χ4v) is 1.63. The zero-order chi connectivity index (χ0) is 10.9. The molecule has 1 aliphatic rings. The average molecular weight is 209 g/mol. The summed E-state index contributed by atoms with van der Waals surface area (Å²) in [7, 11) is 0. The van der Waals surface area contributed by atoms with E-state index in [1.807, 2.05) is 0 Å². The molecule has 0 unspecified atom stereocenters. The van der Waals surface area contributed by atoms with Crippen molar-refractivity contribution in [2.75, 3.05) is 19.7 Å². The first-order valence-corrected chi connectivity index (χ1v) is 5.60. The summed E-state index contributed by atoms with van der Waals surface area (Å²) in [5, 5.41) is 3.26. The van der Waals surface area contributed by atoms with E-state index in [1.54, 1.807) is 0 Å². The molecular formula is C12H19NO2. The molecule has 3 heteroatoms. The molecule has 0 aromatic carbocycles. The van der Waals surface area contributed by atoms with E-state index < -0.39 is 0 Å². The van der Waals surface area contributed by atoms with E-state index in [-0.39, 0.29) is 18.5 Å². The van der Waals surface area contributed by atoms with Crippen molar-refractivity contribution < 1.29 is 9.53 Å². The molecule has 0 aromatic heterocycles. The maximum Gasteiger partial charge on any atom is 0.158 e. The van der Waals surface area contributed by atoms with Crippen LogP contribution < -0.4 is 5.32 Å². The highest BCUT2D eigenvalue weighted by Crippen LogP contribution is 2.07. The van der Waals surface area contributed by atoms with E-state index in [0.29, 0.717) is 12.8 Å². The number of terminal acetylenes is 1. The number of rotatable bonds is 6. The van der Waals surface area contributed by atoms with Gasteiger partial charge in [-0.15, -0.1) is 12.3 Å². The highest BCUT2D eigenvalue weighted by Gasteiger charge is 2.14. The standard InChI is InChI=1S/C12H19NO2/c1-2-3-4-5-11(14)10-15-12-6-8-13-9-7-12/h1,12-13H,3-10H2. The molecule has 84 valence electrons. The second kappa shape index (κ2) is 7.44. The van der Waals surface area contributed by atoms with E-state index >= 15 is 0 Å². The minimum Gasteiger partial charge on any atom is -0.370 e.